The molecule has 0 radical (unpaired) electrons. The molecular weight excluding hydrogens is 169 g/mol. The van der Waals surface area contributed by atoms with Gasteiger partial charge in [0.2, 0.25) is 5.91 Å². The van der Waals surface area contributed by atoms with Crippen molar-refractivity contribution in [3.05, 3.63) is 29.6 Å². The Morgan fingerprint density at radius 3 is 2.92 bits per heavy atom. The maximum Gasteiger partial charge on any atom is 0.227 e. The number of rotatable bonds is 0. The first kappa shape index (κ1) is 8.23. The number of carbonyl (C=O) groups excluding carboxylic acids is 1. The molecule has 1 amide bonds. The monoisotopic (exact) mass is 179 g/mol. The number of fused-ring (bicyclic) bond motifs is 1. The van der Waals surface area contributed by atoms with Crippen molar-refractivity contribution < 1.29 is 9.18 Å². The van der Waals surface area contributed by atoms with Gasteiger partial charge in [-0.25, -0.2) is 4.39 Å². The lowest BCUT2D eigenvalue weighted by Crippen LogP contribution is -2.31. The van der Waals surface area contributed by atoms with Crippen LogP contribution in [0.4, 0.5) is 10.1 Å². The average molecular weight is 179 g/mol. The van der Waals surface area contributed by atoms with E-state index in [2.05, 4.69) is 0 Å². The minimum Gasteiger partial charge on any atom is -0.315 e. The lowest BCUT2D eigenvalue weighted by molar-refractivity contribution is -0.118. The van der Waals surface area contributed by atoms with Gasteiger partial charge in [0, 0.05) is 19.2 Å². The molecule has 0 spiro atoms. The van der Waals surface area contributed by atoms with Gasteiger partial charge < -0.3 is 4.90 Å². The number of hydrogen-bond donors (Lipinski definition) is 0. The number of carbonyl (C=O) groups is 1. The van der Waals surface area contributed by atoms with E-state index in [1.807, 2.05) is 0 Å². The van der Waals surface area contributed by atoms with Gasteiger partial charge in [-0.15, -0.1) is 0 Å². The fraction of sp³-hybridized carbons (Fsp3) is 0.300. The summed E-state index contributed by atoms with van der Waals surface area (Å²) in [6, 6.07) is 4.54. The van der Waals surface area contributed by atoms with Crippen molar-refractivity contribution in [1.82, 2.24) is 0 Å². The zero-order valence-electron chi connectivity index (χ0n) is 7.38. The summed E-state index contributed by atoms with van der Waals surface area (Å²) in [5.41, 5.74) is 1.75. The van der Waals surface area contributed by atoms with Gasteiger partial charge in [-0.2, -0.15) is 0 Å². The topological polar surface area (TPSA) is 20.3 Å². The van der Waals surface area contributed by atoms with Crippen LogP contribution in [-0.2, 0) is 11.2 Å². The Kier molecular flexibility index (Phi) is 1.79. The molecule has 1 heterocycles. The van der Waals surface area contributed by atoms with Crippen molar-refractivity contribution in [3.8, 4) is 0 Å². The highest BCUT2D eigenvalue weighted by Crippen LogP contribution is 2.26. The van der Waals surface area contributed by atoms with Crippen LogP contribution in [-0.4, -0.2) is 13.0 Å². The van der Waals surface area contributed by atoms with E-state index in [1.54, 1.807) is 18.0 Å². The van der Waals surface area contributed by atoms with Crippen LogP contribution in [0.1, 0.15) is 12.0 Å². The van der Waals surface area contributed by atoms with Crippen LogP contribution in [0.2, 0.25) is 0 Å². The SMILES string of the molecule is CN1C(=O)CCc2cc(F)ccc21. The molecule has 0 N–H and O–H groups in total. The van der Waals surface area contributed by atoms with Gasteiger partial charge in [0.25, 0.3) is 0 Å². The minimum absolute atomic E-state index is 0.0964. The molecule has 1 aliphatic heterocycles. The maximum absolute atomic E-state index is 12.8. The highest BCUT2D eigenvalue weighted by molar-refractivity contribution is 5.95. The first-order valence-electron chi connectivity index (χ1n) is 4.23. The smallest absolute Gasteiger partial charge is 0.227 e. The molecule has 0 unspecified atom stereocenters. The van der Waals surface area contributed by atoms with Gasteiger partial charge in [0.15, 0.2) is 0 Å². The first-order chi connectivity index (χ1) is 6.18. The highest BCUT2D eigenvalue weighted by Gasteiger charge is 2.20. The fourth-order valence-corrected chi connectivity index (χ4v) is 1.63. The predicted octanol–water partition coefficient (Wildman–Crippen LogP) is 1.73. The van der Waals surface area contributed by atoms with Crippen LogP contribution in [0.15, 0.2) is 18.2 Å². The van der Waals surface area contributed by atoms with Crippen molar-refractivity contribution in [1.29, 1.82) is 0 Å². The molecule has 0 aliphatic carbocycles. The summed E-state index contributed by atoms with van der Waals surface area (Å²) >= 11 is 0. The fourth-order valence-electron chi connectivity index (χ4n) is 1.63. The second-order valence-corrected chi connectivity index (χ2v) is 3.23. The summed E-state index contributed by atoms with van der Waals surface area (Å²) in [7, 11) is 1.72. The summed E-state index contributed by atoms with van der Waals surface area (Å²) in [5.74, 6) is -0.138. The third-order valence-corrected chi connectivity index (χ3v) is 2.39. The van der Waals surface area contributed by atoms with Gasteiger partial charge in [-0.3, -0.25) is 4.79 Å². The largest absolute Gasteiger partial charge is 0.315 e. The number of amides is 1. The van der Waals surface area contributed by atoms with Crippen LogP contribution in [0.25, 0.3) is 0 Å². The first-order valence-corrected chi connectivity index (χ1v) is 4.23. The molecule has 2 rings (SSSR count). The Labute approximate surface area is 76.0 Å². The third-order valence-electron chi connectivity index (χ3n) is 2.39. The Balaban J connectivity index is 2.49. The van der Waals surface area contributed by atoms with E-state index in [1.165, 1.54) is 12.1 Å². The van der Waals surface area contributed by atoms with Gasteiger partial charge >= 0.3 is 0 Å². The lowest BCUT2D eigenvalue weighted by Gasteiger charge is -2.25. The van der Waals surface area contributed by atoms with Gasteiger partial charge in [-0.05, 0) is 30.2 Å². The second-order valence-electron chi connectivity index (χ2n) is 3.23. The molecule has 2 nitrogen and oxygen atoms in total. The molecule has 1 aliphatic rings. The lowest BCUT2D eigenvalue weighted by atomic mass is 10.0. The van der Waals surface area contributed by atoms with Crippen molar-refractivity contribution in [2.24, 2.45) is 0 Å². The Hall–Kier alpha value is -1.38. The summed E-state index contributed by atoms with van der Waals surface area (Å²) in [5, 5.41) is 0. The van der Waals surface area contributed by atoms with Crippen LogP contribution in [0, 0.1) is 5.82 Å². The summed E-state index contributed by atoms with van der Waals surface area (Å²) in [6.45, 7) is 0. The van der Waals surface area contributed by atoms with Gasteiger partial charge in [0.05, 0.1) is 0 Å². The number of halogens is 1. The number of benzene rings is 1. The Morgan fingerprint density at radius 2 is 2.15 bits per heavy atom. The number of anilines is 1. The highest BCUT2D eigenvalue weighted by atomic mass is 19.1. The molecule has 3 heteroatoms. The number of aryl methyl sites for hydroxylation is 1. The average Bonchev–Trinajstić information content (AvgIpc) is 2.12. The molecule has 68 valence electrons. The summed E-state index contributed by atoms with van der Waals surface area (Å²) in [6.07, 6.45) is 1.13. The molecule has 1 aromatic rings. The molecule has 0 saturated carbocycles. The zero-order valence-corrected chi connectivity index (χ0v) is 7.38. The molecule has 0 saturated heterocycles. The zero-order chi connectivity index (χ0) is 9.42. The molecule has 0 aromatic heterocycles. The van der Waals surface area contributed by atoms with Gasteiger partial charge in [-0.1, -0.05) is 0 Å². The maximum atomic E-state index is 12.8. The quantitative estimate of drug-likeness (QED) is 0.594. The van der Waals surface area contributed by atoms with Crippen molar-refractivity contribution in [2.45, 2.75) is 12.8 Å². The van der Waals surface area contributed by atoms with Crippen molar-refractivity contribution in [3.63, 3.8) is 0 Å². The van der Waals surface area contributed by atoms with E-state index < -0.39 is 0 Å². The van der Waals surface area contributed by atoms with E-state index >= 15 is 0 Å². The van der Waals surface area contributed by atoms with E-state index in [4.69, 9.17) is 0 Å². The summed E-state index contributed by atoms with van der Waals surface area (Å²) in [4.78, 5) is 12.9. The third kappa shape index (κ3) is 1.30. The van der Waals surface area contributed by atoms with Crippen LogP contribution in [0.5, 0.6) is 0 Å². The molecule has 0 bridgehead atoms. The van der Waals surface area contributed by atoms with E-state index in [-0.39, 0.29) is 11.7 Å². The molecule has 1 aromatic carbocycles. The van der Waals surface area contributed by atoms with Crippen LogP contribution < -0.4 is 4.90 Å². The Morgan fingerprint density at radius 1 is 1.38 bits per heavy atom. The van der Waals surface area contributed by atoms with E-state index in [9.17, 15) is 9.18 Å². The van der Waals surface area contributed by atoms with E-state index in [0.29, 0.717) is 12.8 Å². The standard InChI is InChI=1S/C10H10FNO/c1-12-9-4-3-8(11)6-7(9)2-5-10(12)13/h3-4,6H,2,5H2,1H3. The normalized spacial score (nSPS) is 15.8. The van der Waals surface area contributed by atoms with Gasteiger partial charge in [0.1, 0.15) is 5.82 Å². The molecule has 0 atom stereocenters. The minimum atomic E-state index is -0.235. The number of hydrogen-bond acceptors (Lipinski definition) is 1. The van der Waals surface area contributed by atoms with Crippen molar-refractivity contribution in [2.75, 3.05) is 11.9 Å². The van der Waals surface area contributed by atoms with Crippen molar-refractivity contribution >= 4 is 11.6 Å². The summed E-state index contributed by atoms with van der Waals surface area (Å²) < 4.78 is 12.8. The second kappa shape index (κ2) is 2.83. The predicted molar refractivity (Wildman–Crippen MR) is 48.1 cm³/mol. The molecular formula is C10H10FNO. The van der Waals surface area contributed by atoms with Crippen LogP contribution >= 0.6 is 0 Å². The van der Waals surface area contributed by atoms with E-state index in [0.717, 1.165) is 11.3 Å². The molecule has 13 heavy (non-hydrogen) atoms. The number of nitrogens with zero attached hydrogens (tertiary/aromatic N) is 1. The van der Waals surface area contributed by atoms with Crippen LogP contribution in [0.3, 0.4) is 0 Å². The Bertz CT molecular complexity index is 362. The molecule has 0 fully saturated rings.